The summed E-state index contributed by atoms with van der Waals surface area (Å²) in [5, 5.41) is 8.14. The molecule has 0 atom stereocenters. The molecule has 0 radical (unpaired) electrons. The van der Waals surface area contributed by atoms with Crippen LogP contribution in [0.15, 0.2) is 47.1 Å². The van der Waals surface area contributed by atoms with Gasteiger partial charge in [-0.2, -0.15) is 0 Å². The molecule has 0 saturated carbocycles. The number of nitrogens with zero attached hydrogens (tertiary/aromatic N) is 3. The highest BCUT2D eigenvalue weighted by molar-refractivity contribution is 9.10. The molecule has 1 heterocycles. The van der Waals surface area contributed by atoms with E-state index in [1.165, 1.54) is 25.0 Å². The maximum absolute atomic E-state index is 11.8. The van der Waals surface area contributed by atoms with Crippen LogP contribution in [-0.4, -0.2) is 35.1 Å². The van der Waals surface area contributed by atoms with Gasteiger partial charge in [-0.25, -0.2) is 4.68 Å². The van der Waals surface area contributed by atoms with Gasteiger partial charge in [0, 0.05) is 10.5 Å². The molecule has 0 aliphatic carbocycles. The number of hydrogen-bond donors (Lipinski definition) is 1. The summed E-state index contributed by atoms with van der Waals surface area (Å²) < 4.78 is 18.6. The Labute approximate surface area is 164 Å². The summed E-state index contributed by atoms with van der Waals surface area (Å²) in [4.78, 5) is 11.8. The van der Waals surface area contributed by atoms with Gasteiger partial charge in [-0.15, -0.1) is 5.10 Å². The fourth-order valence-corrected chi connectivity index (χ4v) is 2.69. The first-order chi connectivity index (χ1) is 13.0. The van der Waals surface area contributed by atoms with Crippen LogP contribution < -0.4 is 19.9 Å². The van der Waals surface area contributed by atoms with Gasteiger partial charge in [0.05, 0.1) is 31.7 Å². The van der Waals surface area contributed by atoms with E-state index in [9.17, 15) is 4.79 Å². The van der Waals surface area contributed by atoms with Crippen LogP contribution in [0.4, 0.5) is 0 Å². The van der Waals surface area contributed by atoms with Crippen molar-refractivity contribution in [3.05, 3.63) is 58.3 Å². The van der Waals surface area contributed by atoms with Gasteiger partial charge >= 0.3 is 0 Å². The average Bonchev–Trinajstić information content (AvgIpc) is 3.15. The number of benzene rings is 2. The summed E-state index contributed by atoms with van der Waals surface area (Å²) in [6.45, 7) is 0.223. The zero-order chi connectivity index (χ0) is 19.4. The van der Waals surface area contributed by atoms with E-state index in [1.54, 1.807) is 12.3 Å². The number of primary amides is 1. The predicted molar refractivity (Wildman–Crippen MR) is 101 cm³/mol. The van der Waals surface area contributed by atoms with Crippen molar-refractivity contribution in [2.75, 3.05) is 14.2 Å². The lowest BCUT2D eigenvalue weighted by atomic mass is 10.1. The Kier molecular flexibility index (Phi) is 5.60. The highest BCUT2D eigenvalue weighted by Crippen LogP contribution is 2.32. The molecule has 2 N–H and O–H groups in total. The smallest absolute Gasteiger partial charge is 0.251 e. The standard InChI is InChI=1S/C18H17BrN4O4/c1-25-16-7-14(18(20)24)15(8-17(16)26-2)23-9-12(21-22-23)10-27-13-5-3-11(19)4-6-13/h3-9H,10H2,1-2H3,(H2,20,24). The number of aromatic nitrogens is 3. The summed E-state index contributed by atoms with van der Waals surface area (Å²) >= 11 is 3.37. The largest absolute Gasteiger partial charge is 0.493 e. The van der Waals surface area contributed by atoms with E-state index in [1.807, 2.05) is 24.3 Å². The lowest BCUT2D eigenvalue weighted by molar-refractivity contribution is 0.0999. The topological polar surface area (TPSA) is 101 Å². The Balaban J connectivity index is 1.86. The molecule has 27 heavy (non-hydrogen) atoms. The predicted octanol–water partition coefficient (Wildman–Crippen LogP) is 2.72. The number of amides is 1. The van der Waals surface area contributed by atoms with E-state index >= 15 is 0 Å². The van der Waals surface area contributed by atoms with Crippen molar-refractivity contribution in [1.29, 1.82) is 0 Å². The van der Waals surface area contributed by atoms with Crippen LogP contribution in [0.3, 0.4) is 0 Å². The number of rotatable bonds is 7. The number of ether oxygens (including phenoxy) is 3. The lowest BCUT2D eigenvalue weighted by Gasteiger charge is -2.12. The summed E-state index contributed by atoms with van der Waals surface area (Å²) in [7, 11) is 2.99. The van der Waals surface area contributed by atoms with E-state index in [2.05, 4.69) is 26.2 Å². The quantitative estimate of drug-likeness (QED) is 0.615. The first kappa shape index (κ1) is 18.7. The van der Waals surface area contributed by atoms with Crippen molar-refractivity contribution >= 4 is 21.8 Å². The van der Waals surface area contributed by atoms with E-state index in [0.717, 1.165) is 4.47 Å². The summed E-state index contributed by atoms with van der Waals surface area (Å²) in [5.74, 6) is 0.931. The second-order valence-corrected chi connectivity index (χ2v) is 6.40. The van der Waals surface area contributed by atoms with Crippen LogP contribution in [0, 0.1) is 0 Å². The molecule has 0 fully saturated rings. The van der Waals surface area contributed by atoms with Gasteiger partial charge in [-0.05, 0) is 30.3 Å². The number of carbonyl (C=O) groups is 1. The zero-order valence-electron chi connectivity index (χ0n) is 14.7. The van der Waals surface area contributed by atoms with Crippen LogP contribution in [0.2, 0.25) is 0 Å². The van der Waals surface area contributed by atoms with Crippen LogP contribution in [0.25, 0.3) is 5.69 Å². The van der Waals surface area contributed by atoms with Gasteiger partial charge in [0.15, 0.2) is 11.5 Å². The maximum Gasteiger partial charge on any atom is 0.251 e. The maximum atomic E-state index is 11.8. The summed E-state index contributed by atoms with van der Waals surface area (Å²) in [5.41, 5.74) is 6.75. The molecule has 140 valence electrons. The second kappa shape index (κ2) is 8.09. The molecule has 0 aliphatic rings. The van der Waals surface area contributed by atoms with Gasteiger partial charge in [-0.1, -0.05) is 21.1 Å². The first-order valence-electron chi connectivity index (χ1n) is 7.87. The lowest BCUT2D eigenvalue weighted by Crippen LogP contribution is -2.15. The van der Waals surface area contributed by atoms with E-state index in [4.69, 9.17) is 19.9 Å². The van der Waals surface area contributed by atoms with Crippen LogP contribution in [0.5, 0.6) is 17.2 Å². The molecule has 0 bridgehead atoms. The Hall–Kier alpha value is -3.07. The Morgan fingerprint density at radius 2 is 1.81 bits per heavy atom. The monoisotopic (exact) mass is 432 g/mol. The average molecular weight is 433 g/mol. The van der Waals surface area contributed by atoms with Gasteiger partial charge in [0.1, 0.15) is 18.1 Å². The van der Waals surface area contributed by atoms with E-state index in [0.29, 0.717) is 28.6 Å². The molecule has 0 unspecified atom stereocenters. The van der Waals surface area contributed by atoms with Crippen molar-refractivity contribution in [1.82, 2.24) is 15.0 Å². The summed E-state index contributed by atoms with van der Waals surface area (Å²) in [6.07, 6.45) is 1.66. The Morgan fingerprint density at radius 1 is 1.15 bits per heavy atom. The Morgan fingerprint density at radius 3 is 2.44 bits per heavy atom. The molecule has 0 saturated heterocycles. The molecular formula is C18H17BrN4O4. The zero-order valence-corrected chi connectivity index (χ0v) is 16.3. The molecule has 1 aromatic heterocycles. The van der Waals surface area contributed by atoms with Crippen LogP contribution >= 0.6 is 15.9 Å². The van der Waals surface area contributed by atoms with Crippen LogP contribution in [0.1, 0.15) is 16.1 Å². The van der Waals surface area contributed by atoms with Crippen LogP contribution in [-0.2, 0) is 6.61 Å². The second-order valence-electron chi connectivity index (χ2n) is 5.49. The fourth-order valence-electron chi connectivity index (χ4n) is 2.43. The van der Waals surface area contributed by atoms with Gasteiger partial charge in [0.25, 0.3) is 5.91 Å². The first-order valence-corrected chi connectivity index (χ1v) is 8.67. The molecule has 0 spiro atoms. The molecule has 1 amide bonds. The highest BCUT2D eigenvalue weighted by atomic mass is 79.9. The van der Waals surface area contributed by atoms with Crippen molar-refractivity contribution < 1.29 is 19.0 Å². The van der Waals surface area contributed by atoms with Crippen molar-refractivity contribution in [3.63, 3.8) is 0 Å². The number of hydrogen-bond acceptors (Lipinski definition) is 6. The van der Waals surface area contributed by atoms with Gasteiger partial charge < -0.3 is 19.9 Å². The van der Waals surface area contributed by atoms with Crippen molar-refractivity contribution in [2.24, 2.45) is 5.73 Å². The third-order valence-electron chi connectivity index (χ3n) is 3.76. The van der Waals surface area contributed by atoms with E-state index in [-0.39, 0.29) is 12.2 Å². The Bertz CT molecular complexity index is 956. The number of halogens is 1. The summed E-state index contributed by atoms with van der Waals surface area (Å²) in [6, 6.07) is 10.6. The molecule has 3 rings (SSSR count). The number of nitrogens with two attached hydrogens (primary N) is 1. The fraction of sp³-hybridized carbons (Fsp3) is 0.167. The minimum Gasteiger partial charge on any atom is -0.493 e. The normalized spacial score (nSPS) is 10.5. The molecule has 8 nitrogen and oxygen atoms in total. The van der Waals surface area contributed by atoms with E-state index < -0.39 is 5.91 Å². The minimum atomic E-state index is -0.617. The molecule has 0 aliphatic heterocycles. The number of carbonyl (C=O) groups excluding carboxylic acids is 1. The molecular weight excluding hydrogens is 416 g/mol. The third kappa shape index (κ3) is 4.20. The van der Waals surface area contributed by atoms with Crippen molar-refractivity contribution in [2.45, 2.75) is 6.61 Å². The minimum absolute atomic E-state index is 0.223. The number of methoxy groups -OCH3 is 2. The van der Waals surface area contributed by atoms with Gasteiger partial charge in [0.2, 0.25) is 0 Å². The highest BCUT2D eigenvalue weighted by Gasteiger charge is 2.17. The van der Waals surface area contributed by atoms with Gasteiger partial charge in [-0.3, -0.25) is 4.79 Å². The molecule has 2 aromatic carbocycles. The third-order valence-corrected chi connectivity index (χ3v) is 4.28. The molecule has 9 heteroatoms. The van der Waals surface area contributed by atoms with Crippen molar-refractivity contribution in [3.8, 4) is 22.9 Å². The SMILES string of the molecule is COc1cc(C(N)=O)c(-n2cc(COc3ccc(Br)cc3)nn2)cc1OC. The molecule has 3 aromatic rings.